The molecule has 1 aromatic carbocycles. The van der Waals surface area contributed by atoms with E-state index in [2.05, 4.69) is 15.5 Å². The van der Waals surface area contributed by atoms with Gasteiger partial charge in [-0.15, -0.1) is 0 Å². The summed E-state index contributed by atoms with van der Waals surface area (Å²) in [4.78, 5) is 14.0. The molecule has 1 saturated heterocycles. The maximum absolute atomic E-state index is 13.3. The van der Waals surface area contributed by atoms with E-state index in [4.69, 9.17) is 5.11 Å². The van der Waals surface area contributed by atoms with Crippen molar-refractivity contribution in [1.82, 2.24) is 10.6 Å². The summed E-state index contributed by atoms with van der Waals surface area (Å²) in [6.45, 7) is 3.45. The molecule has 0 aromatic heterocycles. The lowest BCUT2D eigenvalue weighted by atomic mass is 10.0. The molecule has 1 aromatic rings. The Labute approximate surface area is 130 Å². The molecule has 0 saturated carbocycles. The molecule has 1 aliphatic rings. The van der Waals surface area contributed by atoms with Gasteiger partial charge in [0.15, 0.2) is 0 Å². The van der Waals surface area contributed by atoms with Gasteiger partial charge in [-0.1, -0.05) is 6.07 Å². The SMILES string of the molecule is C[C@H](CCO)NC(=O)NC1CCCN(c2cccc(F)c2)C1. The van der Waals surface area contributed by atoms with Crippen LogP contribution in [0.4, 0.5) is 14.9 Å². The number of aliphatic hydroxyl groups excluding tert-OH is 1. The average Bonchev–Trinajstić information content (AvgIpc) is 2.47. The molecule has 0 bridgehead atoms. The molecular formula is C16H24FN3O2. The normalized spacial score (nSPS) is 19.6. The number of hydrogen-bond acceptors (Lipinski definition) is 3. The molecular weight excluding hydrogens is 285 g/mol. The zero-order chi connectivity index (χ0) is 15.9. The van der Waals surface area contributed by atoms with Crippen LogP contribution in [-0.4, -0.2) is 42.9 Å². The number of nitrogens with zero attached hydrogens (tertiary/aromatic N) is 1. The molecule has 0 radical (unpaired) electrons. The van der Waals surface area contributed by atoms with Crippen LogP contribution in [0.1, 0.15) is 26.2 Å². The molecule has 0 aliphatic carbocycles. The van der Waals surface area contributed by atoms with Crippen molar-refractivity contribution in [2.75, 3.05) is 24.6 Å². The molecule has 2 rings (SSSR count). The Balaban J connectivity index is 1.87. The van der Waals surface area contributed by atoms with Gasteiger partial charge >= 0.3 is 6.03 Å². The maximum atomic E-state index is 13.3. The van der Waals surface area contributed by atoms with E-state index in [1.807, 2.05) is 13.0 Å². The fraction of sp³-hybridized carbons (Fsp3) is 0.562. The van der Waals surface area contributed by atoms with Crippen LogP contribution in [0, 0.1) is 5.82 Å². The van der Waals surface area contributed by atoms with E-state index in [1.165, 1.54) is 12.1 Å². The van der Waals surface area contributed by atoms with Crippen LogP contribution < -0.4 is 15.5 Å². The molecule has 122 valence electrons. The lowest BCUT2D eigenvalue weighted by molar-refractivity contribution is 0.226. The molecule has 1 unspecified atom stereocenters. The van der Waals surface area contributed by atoms with Crippen molar-refractivity contribution in [3.63, 3.8) is 0 Å². The number of amides is 2. The molecule has 1 aliphatic heterocycles. The average molecular weight is 309 g/mol. The third-order valence-electron chi connectivity index (χ3n) is 3.87. The van der Waals surface area contributed by atoms with Crippen LogP contribution in [0.3, 0.4) is 0 Å². The first-order chi connectivity index (χ1) is 10.6. The van der Waals surface area contributed by atoms with Crippen molar-refractivity contribution < 1.29 is 14.3 Å². The highest BCUT2D eigenvalue weighted by molar-refractivity contribution is 5.74. The van der Waals surface area contributed by atoms with Gasteiger partial charge < -0.3 is 20.6 Å². The maximum Gasteiger partial charge on any atom is 0.315 e. The van der Waals surface area contributed by atoms with Gasteiger partial charge in [0, 0.05) is 37.5 Å². The van der Waals surface area contributed by atoms with Gasteiger partial charge in [-0.2, -0.15) is 0 Å². The summed E-state index contributed by atoms with van der Waals surface area (Å²) in [6, 6.07) is 6.29. The lowest BCUT2D eigenvalue weighted by Gasteiger charge is -2.35. The van der Waals surface area contributed by atoms with Crippen LogP contribution in [0.2, 0.25) is 0 Å². The number of anilines is 1. The summed E-state index contributed by atoms with van der Waals surface area (Å²) in [6.07, 6.45) is 2.40. The first-order valence-electron chi connectivity index (χ1n) is 7.77. The molecule has 1 fully saturated rings. The molecule has 2 atom stereocenters. The minimum atomic E-state index is -0.247. The van der Waals surface area contributed by atoms with Crippen LogP contribution in [0.15, 0.2) is 24.3 Å². The molecule has 2 amide bonds. The highest BCUT2D eigenvalue weighted by atomic mass is 19.1. The predicted molar refractivity (Wildman–Crippen MR) is 84.5 cm³/mol. The second-order valence-corrected chi connectivity index (χ2v) is 5.80. The summed E-state index contributed by atoms with van der Waals surface area (Å²) >= 11 is 0. The van der Waals surface area contributed by atoms with Crippen LogP contribution in [0.25, 0.3) is 0 Å². The monoisotopic (exact) mass is 309 g/mol. The minimum absolute atomic E-state index is 0.0401. The quantitative estimate of drug-likeness (QED) is 0.778. The fourth-order valence-electron chi connectivity index (χ4n) is 2.72. The highest BCUT2D eigenvalue weighted by Crippen LogP contribution is 2.20. The van der Waals surface area contributed by atoms with E-state index in [-0.39, 0.29) is 30.5 Å². The lowest BCUT2D eigenvalue weighted by Crippen LogP contribution is -2.52. The van der Waals surface area contributed by atoms with E-state index in [9.17, 15) is 9.18 Å². The van der Waals surface area contributed by atoms with Crippen molar-refractivity contribution in [3.8, 4) is 0 Å². The second-order valence-electron chi connectivity index (χ2n) is 5.80. The van der Waals surface area contributed by atoms with E-state index < -0.39 is 0 Å². The number of hydrogen-bond donors (Lipinski definition) is 3. The summed E-state index contributed by atoms with van der Waals surface area (Å²) < 4.78 is 13.3. The van der Waals surface area contributed by atoms with E-state index in [0.717, 1.165) is 25.1 Å². The molecule has 6 heteroatoms. The van der Waals surface area contributed by atoms with Crippen LogP contribution in [-0.2, 0) is 0 Å². The third kappa shape index (κ3) is 4.87. The van der Waals surface area contributed by atoms with E-state index >= 15 is 0 Å². The van der Waals surface area contributed by atoms with Gasteiger partial charge in [0.2, 0.25) is 0 Å². The van der Waals surface area contributed by atoms with Gasteiger partial charge in [-0.25, -0.2) is 9.18 Å². The first-order valence-corrected chi connectivity index (χ1v) is 7.77. The van der Waals surface area contributed by atoms with Gasteiger partial charge in [0.05, 0.1) is 0 Å². The molecule has 3 N–H and O–H groups in total. The zero-order valence-corrected chi connectivity index (χ0v) is 12.9. The highest BCUT2D eigenvalue weighted by Gasteiger charge is 2.22. The predicted octanol–water partition coefficient (Wildman–Crippen LogP) is 1.86. The zero-order valence-electron chi connectivity index (χ0n) is 12.9. The van der Waals surface area contributed by atoms with Crippen LogP contribution >= 0.6 is 0 Å². The Morgan fingerprint density at radius 3 is 3.09 bits per heavy atom. The largest absolute Gasteiger partial charge is 0.396 e. The number of piperidine rings is 1. The van der Waals surface area contributed by atoms with Crippen molar-refractivity contribution in [2.45, 2.75) is 38.3 Å². The van der Waals surface area contributed by atoms with Crippen LogP contribution in [0.5, 0.6) is 0 Å². The number of carbonyl (C=O) groups is 1. The number of aliphatic hydroxyl groups is 1. The number of benzene rings is 1. The van der Waals surface area contributed by atoms with Crippen molar-refractivity contribution in [1.29, 1.82) is 0 Å². The van der Waals surface area contributed by atoms with Gasteiger partial charge in [0.1, 0.15) is 5.82 Å². The first kappa shape index (κ1) is 16.5. The minimum Gasteiger partial charge on any atom is -0.396 e. The summed E-state index contributed by atoms with van der Waals surface area (Å²) in [5.41, 5.74) is 0.848. The van der Waals surface area contributed by atoms with Crippen molar-refractivity contribution in [2.24, 2.45) is 0 Å². The Morgan fingerprint density at radius 2 is 2.36 bits per heavy atom. The van der Waals surface area contributed by atoms with Gasteiger partial charge in [0.25, 0.3) is 0 Å². The standard InChI is InChI=1S/C16H24FN3O2/c1-12(7-9-21)18-16(22)19-14-5-3-8-20(11-14)15-6-2-4-13(17)10-15/h2,4,6,10,12,14,21H,3,5,7-9,11H2,1H3,(H2,18,19,22)/t12-,14?/m1/s1. The summed E-state index contributed by atoms with van der Waals surface area (Å²) in [5.74, 6) is -0.247. The Bertz CT molecular complexity index is 498. The Morgan fingerprint density at radius 1 is 1.55 bits per heavy atom. The van der Waals surface area contributed by atoms with Crippen molar-refractivity contribution >= 4 is 11.7 Å². The number of urea groups is 1. The molecule has 5 nitrogen and oxygen atoms in total. The number of carbonyl (C=O) groups excluding carboxylic acids is 1. The van der Waals surface area contributed by atoms with Crippen molar-refractivity contribution in [3.05, 3.63) is 30.1 Å². The number of rotatable bonds is 5. The summed E-state index contributed by atoms with van der Waals surface area (Å²) in [5, 5.41) is 14.6. The number of halogens is 1. The third-order valence-corrected chi connectivity index (χ3v) is 3.87. The topological polar surface area (TPSA) is 64.6 Å². The van der Waals surface area contributed by atoms with E-state index in [0.29, 0.717) is 13.0 Å². The smallest absolute Gasteiger partial charge is 0.315 e. The second kappa shape index (κ2) is 7.98. The molecule has 22 heavy (non-hydrogen) atoms. The van der Waals surface area contributed by atoms with Gasteiger partial charge in [-0.3, -0.25) is 0 Å². The Hall–Kier alpha value is -1.82. The molecule has 1 heterocycles. The fourth-order valence-corrected chi connectivity index (χ4v) is 2.72. The number of nitrogens with one attached hydrogen (secondary N) is 2. The molecule has 0 spiro atoms. The Kier molecular flexibility index (Phi) is 6.00. The van der Waals surface area contributed by atoms with Gasteiger partial charge in [-0.05, 0) is 44.4 Å². The summed E-state index contributed by atoms with van der Waals surface area (Å²) in [7, 11) is 0. The van der Waals surface area contributed by atoms with E-state index in [1.54, 1.807) is 6.07 Å².